The van der Waals surface area contributed by atoms with Gasteiger partial charge in [0.2, 0.25) is 0 Å². The molecular weight excluding hydrogens is 232 g/mol. The zero-order valence-corrected chi connectivity index (χ0v) is 10.1. The zero-order chi connectivity index (χ0) is 12.7. The molecule has 1 amide bonds. The van der Waals surface area contributed by atoms with Crippen LogP contribution in [0.15, 0.2) is 23.4 Å². The van der Waals surface area contributed by atoms with Gasteiger partial charge < -0.3 is 4.74 Å². The summed E-state index contributed by atoms with van der Waals surface area (Å²) in [5, 5.41) is 3.92. The van der Waals surface area contributed by atoms with Crippen LogP contribution in [0.5, 0.6) is 0 Å². The standard InChI is InChI=1S/C12H12N4O2/c1-7-3-4-16-9(5-7)13-8(2)11(16)12-15-14-10(17)6-18-12/h3-5H,6H2,1-2H3,(H,14,17). The van der Waals surface area contributed by atoms with Gasteiger partial charge >= 0.3 is 0 Å². The summed E-state index contributed by atoms with van der Waals surface area (Å²) < 4.78 is 7.23. The first-order valence-electron chi connectivity index (χ1n) is 5.60. The molecule has 0 aliphatic carbocycles. The molecule has 3 rings (SSSR count). The molecule has 6 nitrogen and oxygen atoms in total. The SMILES string of the molecule is Cc1ccn2c(C3=NNC(=O)CO3)c(C)nc2c1. The van der Waals surface area contributed by atoms with Crippen LogP contribution < -0.4 is 5.43 Å². The minimum Gasteiger partial charge on any atom is -0.465 e. The zero-order valence-electron chi connectivity index (χ0n) is 10.1. The molecule has 0 saturated heterocycles. The van der Waals surface area contributed by atoms with Crippen molar-refractivity contribution in [2.45, 2.75) is 13.8 Å². The predicted octanol–water partition coefficient (Wildman–Crippen LogP) is 0.759. The van der Waals surface area contributed by atoms with Crippen molar-refractivity contribution in [2.75, 3.05) is 6.61 Å². The second kappa shape index (κ2) is 3.83. The molecule has 0 fully saturated rings. The Labute approximate surface area is 103 Å². The van der Waals surface area contributed by atoms with Crippen LogP contribution >= 0.6 is 0 Å². The lowest BCUT2D eigenvalue weighted by Gasteiger charge is -2.13. The van der Waals surface area contributed by atoms with Crippen LogP contribution in [-0.4, -0.2) is 27.8 Å². The van der Waals surface area contributed by atoms with E-state index >= 15 is 0 Å². The number of amides is 1. The van der Waals surface area contributed by atoms with E-state index in [4.69, 9.17) is 4.74 Å². The second-order valence-electron chi connectivity index (χ2n) is 4.22. The summed E-state index contributed by atoms with van der Waals surface area (Å²) in [7, 11) is 0. The molecule has 0 aromatic carbocycles. The van der Waals surface area contributed by atoms with Crippen LogP contribution in [0.4, 0.5) is 0 Å². The Morgan fingerprint density at radius 3 is 3.00 bits per heavy atom. The van der Waals surface area contributed by atoms with Crippen molar-refractivity contribution in [3.63, 3.8) is 0 Å². The summed E-state index contributed by atoms with van der Waals surface area (Å²) in [5.74, 6) is 0.143. The largest absolute Gasteiger partial charge is 0.465 e. The number of imidazole rings is 1. The van der Waals surface area contributed by atoms with Gasteiger partial charge in [0.05, 0.1) is 5.69 Å². The maximum atomic E-state index is 11.0. The highest BCUT2D eigenvalue weighted by molar-refractivity contribution is 5.98. The van der Waals surface area contributed by atoms with Crippen molar-refractivity contribution in [3.05, 3.63) is 35.3 Å². The van der Waals surface area contributed by atoms with Gasteiger partial charge in [0.25, 0.3) is 11.8 Å². The Balaban J connectivity index is 2.17. The van der Waals surface area contributed by atoms with Crippen molar-refractivity contribution >= 4 is 17.5 Å². The summed E-state index contributed by atoms with van der Waals surface area (Å²) in [6, 6.07) is 3.97. The topological polar surface area (TPSA) is 68.0 Å². The number of fused-ring (bicyclic) bond motifs is 1. The molecule has 0 spiro atoms. The van der Waals surface area contributed by atoms with Gasteiger partial charge in [0.1, 0.15) is 11.3 Å². The maximum Gasteiger partial charge on any atom is 0.278 e. The van der Waals surface area contributed by atoms with E-state index in [0.717, 1.165) is 22.6 Å². The lowest BCUT2D eigenvalue weighted by Crippen LogP contribution is -2.32. The Morgan fingerprint density at radius 1 is 1.44 bits per heavy atom. The number of hydrogen-bond donors (Lipinski definition) is 1. The third-order valence-electron chi connectivity index (χ3n) is 2.78. The molecule has 0 saturated carbocycles. The molecule has 1 aliphatic rings. The number of pyridine rings is 1. The Morgan fingerprint density at radius 2 is 2.28 bits per heavy atom. The number of carbonyl (C=O) groups is 1. The molecule has 92 valence electrons. The van der Waals surface area contributed by atoms with Gasteiger partial charge in [-0.3, -0.25) is 9.20 Å². The smallest absolute Gasteiger partial charge is 0.278 e. The van der Waals surface area contributed by atoms with E-state index in [1.165, 1.54) is 0 Å². The van der Waals surface area contributed by atoms with E-state index in [2.05, 4.69) is 15.5 Å². The number of aryl methyl sites for hydroxylation is 2. The first-order valence-corrected chi connectivity index (χ1v) is 5.60. The van der Waals surface area contributed by atoms with Gasteiger partial charge in [0, 0.05) is 6.20 Å². The van der Waals surface area contributed by atoms with Crippen LogP contribution in [0, 0.1) is 13.8 Å². The molecule has 18 heavy (non-hydrogen) atoms. The first-order chi connectivity index (χ1) is 8.65. The minimum atomic E-state index is -0.249. The van der Waals surface area contributed by atoms with E-state index in [1.807, 2.05) is 36.6 Å². The Hall–Kier alpha value is -2.37. The van der Waals surface area contributed by atoms with E-state index in [-0.39, 0.29) is 12.5 Å². The molecule has 1 aliphatic heterocycles. The highest BCUT2D eigenvalue weighted by atomic mass is 16.5. The number of nitrogens with one attached hydrogen (secondary N) is 1. The molecule has 6 heteroatoms. The average molecular weight is 244 g/mol. The Kier molecular flexibility index (Phi) is 2.29. The van der Waals surface area contributed by atoms with Crippen LogP contribution in [0.25, 0.3) is 5.65 Å². The van der Waals surface area contributed by atoms with Crippen molar-refractivity contribution in [2.24, 2.45) is 5.10 Å². The van der Waals surface area contributed by atoms with Crippen LogP contribution in [0.3, 0.4) is 0 Å². The van der Waals surface area contributed by atoms with E-state index in [9.17, 15) is 4.79 Å². The fourth-order valence-electron chi connectivity index (χ4n) is 1.95. The summed E-state index contributed by atoms with van der Waals surface area (Å²) in [6.45, 7) is 3.88. The summed E-state index contributed by atoms with van der Waals surface area (Å²) in [4.78, 5) is 15.5. The van der Waals surface area contributed by atoms with E-state index < -0.39 is 0 Å². The molecule has 0 atom stereocenters. The second-order valence-corrected chi connectivity index (χ2v) is 4.22. The number of hydrogen-bond acceptors (Lipinski definition) is 4. The van der Waals surface area contributed by atoms with Gasteiger partial charge in [0.15, 0.2) is 6.61 Å². The van der Waals surface area contributed by atoms with Crippen molar-refractivity contribution in [3.8, 4) is 0 Å². The number of nitrogens with zero attached hydrogens (tertiary/aromatic N) is 3. The first kappa shape index (κ1) is 10.8. The molecule has 0 unspecified atom stereocenters. The van der Waals surface area contributed by atoms with Crippen LogP contribution in [0.1, 0.15) is 17.0 Å². The molecule has 0 radical (unpaired) electrons. The van der Waals surface area contributed by atoms with Crippen molar-refractivity contribution in [1.29, 1.82) is 0 Å². The maximum absolute atomic E-state index is 11.0. The molecule has 2 aromatic rings. The van der Waals surface area contributed by atoms with Crippen LogP contribution in [0.2, 0.25) is 0 Å². The third kappa shape index (κ3) is 1.62. The highest BCUT2D eigenvalue weighted by Crippen LogP contribution is 2.15. The normalized spacial score (nSPS) is 15.2. The minimum absolute atomic E-state index is 0.0165. The molecule has 2 aromatic heterocycles. The summed E-state index contributed by atoms with van der Waals surface area (Å²) in [6.07, 6.45) is 1.92. The third-order valence-corrected chi connectivity index (χ3v) is 2.78. The van der Waals surface area contributed by atoms with Crippen LogP contribution in [-0.2, 0) is 9.53 Å². The number of hydrazone groups is 1. The number of aromatic nitrogens is 2. The van der Waals surface area contributed by atoms with Gasteiger partial charge in [-0.2, -0.15) is 0 Å². The van der Waals surface area contributed by atoms with E-state index in [0.29, 0.717) is 5.90 Å². The lowest BCUT2D eigenvalue weighted by molar-refractivity contribution is -0.124. The molecule has 3 heterocycles. The van der Waals surface area contributed by atoms with Gasteiger partial charge in [-0.1, -0.05) is 0 Å². The fourth-order valence-corrected chi connectivity index (χ4v) is 1.95. The van der Waals surface area contributed by atoms with Gasteiger partial charge in [-0.15, -0.1) is 5.10 Å². The molecule has 1 N–H and O–H groups in total. The molecule has 0 bridgehead atoms. The summed E-state index contributed by atoms with van der Waals surface area (Å²) >= 11 is 0. The van der Waals surface area contributed by atoms with Gasteiger partial charge in [-0.25, -0.2) is 10.4 Å². The quantitative estimate of drug-likeness (QED) is 0.805. The highest BCUT2D eigenvalue weighted by Gasteiger charge is 2.20. The van der Waals surface area contributed by atoms with E-state index in [1.54, 1.807) is 0 Å². The fraction of sp³-hybridized carbons (Fsp3) is 0.250. The number of ether oxygens (including phenoxy) is 1. The van der Waals surface area contributed by atoms with Gasteiger partial charge in [-0.05, 0) is 31.5 Å². The lowest BCUT2D eigenvalue weighted by atomic mass is 10.3. The number of carbonyl (C=O) groups excluding carboxylic acids is 1. The van der Waals surface area contributed by atoms with Crippen molar-refractivity contribution in [1.82, 2.24) is 14.8 Å². The predicted molar refractivity (Wildman–Crippen MR) is 65.3 cm³/mol. The monoisotopic (exact) mass is 244 g/mol. The summed E-state index contributed by atoms with van der Waals surface area (Å²) in [5.41, 5.74) is 5.97. The Bertz CT molecular complexity index is 672. The van der Waals surface area contributed by atoms with Crippen molar-refractivity contribution < 1.29 is 9.53 Å². The number of rotatable bonds is 1. The average Bonchev–Trinajstić information content (AvgIpc) is 2.65. The molecular formula is C12H12N4O2.